The van der Waals surface area contributed by atoms with Gasteiger partial charge < -0.3 is 24.4 Å². The van der Waals surface area contributed by atoms with Crippen molar-refractivity contribution in [1.82, 2.24) is 10.2 Å². The van der Waals surface area contributed by atoms with Gasteiger partial charge in [-0.05, 0) is 41.3 Å². The second-order valence-electron chi connectivity index (χ2n) is 9.16. The number of carbonyl (C=O) groups excluding carboxylic acids is 2. The molecule has 0 bridgehead atoms. The summed E-state index contributed by atoms with van der Waals surface area (Å²) in [4.78, 5) is 28.8. The van der Waals surface area contributed by atoms with Crippen LogP contribution < -0.4 is 19.5 Å². The third-order valence-corrected chi connectivity index (χ3v) is 5.86. The van der Waals surface area contributed by atoms with Gasteiger partial charge in [0.15, 0.2) is 18.1 Å². The minimum Gasteiger partial charge on any atom is -0.497 e. The molecule has 0 aliphatic heterocycles. The van der Waals surface area contributed by atoms with E-state index >= 15 is 0 Å². The number of ether oxygens (including phenoxy) is 3. The second kappa shape index (κ2) is 13.9. The third-order valence-electron chi connectivity index (χ3n) is 5.86. The summed E-state index contributed by atoms with van der Waals surface area (Å²) in [5, 5.41) is 3.02. The first kappa shape index (κ1) is 27.6. The van der Waals surface area contributed by atoms with E-state index in [0.29, 0.717) is 30.2 Å². The highest BCUT2D eigenvalue weighted by Crippen LogP contribution is 2.26. The Hall–Kier alpha value is -4.00. The lowest BCUT2D eigenvalue weighted by atomic mass is 10.0. The summed E-state index contributed by atoms with van der Waals surface area (Å²) >= 11 is 0. The number of rotatable bonds is 13. The molecule has 0 saturated carbocycles. The van der Waals surface area contributed by atoms with E-state index in [1.54, 1.807) is 31.3 Å². The van der Waals surface area contributed by atoms with Crippen LogP contribution in [0.5, 0.6) is 17.2 Å². The summed E-state index contributed by atoms with van der Waals surface area (Å²) in [5.41, 5.74) is 1.81. The SMILES string of the molecule is COc1cccc(CN(C(=O)COc2ccccc2OC)C(Cc2ccccc2)C(=O)NCC(C)C)c1. The van der Waals surface area contributed by atoms with Gasteiger partial charge in [-0.3, -0.25) is 9.59 Å². The summed E-state index contributed by atoms with van der Waals surface area (Å²) < 4.78 is 16.6. The average Bonchev–Trinajstić information content (AvgIpc) is 2.93. The largest absolute Gasteiger partial charge is 0.497 e. The van der Waals surface area contributed by atoms with E-state index in [9.17, 15) is 9.59 Å². The minimum atomic E-state index is -0.735. The number of benzene rings is 3. The highest BCUT2D eigenvalue weighted by Gasteiger charge is 2.31. The Kier molecular flexibility index (Phi) is 10.4. The molecule has 0 radical (unpaired) electrons. The molecule has 3 aromatic carbocycles. The number of hydrogen-bond donors (Lipinski definition) is 1. The maximum atomic E-state index is 13.7. The van der Waals surface area contributed by atoms with Crippen LogP contribution in [-0.2, 0) is 22.6 Å². The van der Waals surface area contributed by atoms with Crippen molar-refractivity contribution in [3.8, 4) is 17.2 Å². The summed E-state index contributed by atoms with van der Waals surface area (Å²) in [5.74, 6) is 1.44. The number of carbonyl (C=O) groups is 2. The van der Waals surface area contributed by atoms with Gasteiger partial charge in [0.2, 0.25) is 5.91 Å². The molecule has 7 nitrogen and oxygen atoms in total. The van der Waals surface area contributed by atoms with Crippen molar-refractivity contribution >= 4 is 11.8 Å². The lowest BCUT2D eigenvalue weighted by Gasteiger charge is -2.32. The molecule has 0 aliphatic rings. The van der Waals surface area contributed by atoms with Gasteiger partial charge in [0.1, 0.15) is 11.8 Å². The molecule has 196 valence electrons. The van der Waals surface area contributed by atoms with Crippen molar-refractivity contribution in [3.05, 3.63) is 90.0 Å². The molecule has 0 aromatic heterocycles. The van der Waals surface area contributed by atoms with E-state index in [0.717, 1.165) is 11.1 Å². The Balaban J connectivity index is 1.93. The van der Waals surface area contributed by atoms with E-state index in [1.807, 2.05) is 80.6 Å². The van der Waals surface area contributed by atoms with Crippen LogP contribution in [0.1, 0.15) is 25.0 Å². The number of nitrogens with one attached hydrogen (secondary N) is 1. The Morgan fingerprint density at radius 2 is 1.51 bits per heavy atom. The van der Waals surface area contributed by atoms with Crippen LogP contribution in [0, 0.1) is 5.92 Å². The summed E-state index contributed by atoms with van der Waals surface area (Å²) in [6, 6.07) is 23.6. The molecule has 1 atom stereocenters. The molecule has 7 heteroatoms. The number of para-hydroxylation sites is 2. The molecule has 0 saturated heterocycles. The molecule has 3 rings (SSSR count). The van der Waals surface area contributed by atoms with Crippen LogP contribution in [0.4, 0.5) is 0 Å². The Labute approximate surface area is 219 Å². The van der Waals surface area contributed by atoms with Crippen LogP contribution in [0.15, 0.2) is 78.9 Å². The number of amides is 2. The second-order valence-corrected chi connectivity index (χ2v) is 9.16. The van der Waals surface area contributed by atoms with E-state index in [4.69, 9.17) is 14.2 Å². The molecule has 2 amide bonds. The summed E-state index contributed by atoms with van der Waals surface area (Å²) in [7, 11) is 3.15. The van der Waals surface area contributed by atoms with Gasteiger partial charge >= 0.3 is 0 Å². The third kappa shape index (κ3) is 8.27. The molecule has 37 heavy (non-hydrogen) atoms. The van der Waals surface area contributed by atoms with Crippen molar-refractivity contribution in [2.75, 3.05) is 27.4 Å². The summed E-state index contributed by atoms with van der Waals surface area (Å²) in [6.45, 7) is 4.56. The van der Waals surface area contributed by atoms with Gasteiger partial charge in [0.05, 0.1) is 14.2 Å². The van der Waals surface area contributed by atoms with Gasteiger partial charge in [-0.25, -0.2) is 0 Å². The predicted molar refractivity (Wildman–Crippen MR) is 144 cm³/mol. The van der Waals surface area contributed by atoms with Crippen molar-refractivity contribution in [2.45, 2.75) is 32.9 Å². The lowest BCUT2D eigenvalue weighted by Crippen LogP contribution is -2.52. The number of nitrogens with zero attached hydrogens (tertiary/aromatic N) is 1. The van der Waals surface area contributed by atoms with E-state index in [-0.39, 0.29) is 30.9 Å². The first-order valence-corrected chi connectivity index (χ1v) is 12.4. The fraction of sp³-hybridized carbons (Fsp3) is 0.333. The Morgan fingerprint density at radius 1 is 0.838 bits per heavy atom. The Bertz CT molecular complexity index is 1150. The Morgan fingerprint density at radius 3 is 2.19 bits per heavy atom. The van der Waals surface area contributed by atoms with Crippen LogP contribution in [0.2, 0.25) is 0 Å². The minimum absolute atomic E-state index is 0.203. The lowest BCUT2D eigenvalue weighted by molar-refractivity contribution is -0.142. The zero-order valence-electron chi connectivity index (χ0n) is 22.0. The molecule has 0 aliphatic carbocycles. The molecule has 0 spiro atoms. The summed E-state index contributed by atoms with van der Waals surface area (Å²) in [6.07, 6.45) is 0.370. The molecular formula is C30H36N2O5. The van der Waals surface area contributed by atoms with Crippen LogP contribution in [0.25, 0.3) is 0 Å². The standard InChI is InChI=1S/C30H36N2O5/c1-22(2)19-31-30(34)26(18-23-11-6-5-7-12-23)32(20-24-13-10-14-25(17-24)35-3)29(33)21-37-28-16-9-8-15-27(28)36-4/h5-17,22,26H,18-21H2,1-4H3,(H,31,34). The maximum Gasteiger partial charge on any atom is 0.261 e. The van der Waals surface area contributed by atoms with Crippen LogP contribution in [-0.4, -0.2) is 50.1 Å². The number of methoxy groups -OCH3 is 2. The molecular weight excluding hydrogens is 468 g/mol. The molecule has 3 aromatic rings. The fourth-order valence-electron chi connectivity index (χ4n) is 3.90. The van der Waals surface area contributed by atoms with E-state index in [1.165, 1.54) is 0 Å². The topological polar surface area (TPSA) is 77.1 Å². The van der Waals surface area contributed by atoms with Gasteiger partial charge in [-0.15, -0.1) is 0 Å². The van der Waals surface area contributed by atoms with Crippen molar-refractivity contribution < 1.29 is 23.8 Å². The predicted octanol–water partition coefficient (Wildman–Crippen LogP) is 4.49. The molecule has 1 N–H and O–H groups in total. The van der Waals surface area contributed by atoms with Gasteiger partial charge in [-0.2, -0.15) is 0 Å². The fourth-order valence-corrected chi connectivity index (χ4v) is 3.90. The molecule has 1 unspecified atom stereocenters. The average molecular weight is 505 g/mol. The van der Waals surface area contributed by atoms with E-state index in [2.05, 4.69) is 5.32 Å². The molecule has 0 heterocycles. The van der Waals surface area contributed by atoms with Gasteiger partial charge in [0.25, 0.3) is 5.91 Å². The van der Waals surface area contributed by atoms with Gasteiger partial charge in [-0.1, -0.05) is 68.4 Å². The molecule has 0 fully saturated rings. The van der Waals surface area contributed by atoms with Crippen LogP contribution in [0.3, 0.4) is 0 Å². The normalized spacial score (nSPS) is 11.5. The van der Waals surface area contributed by atoms with Crippen molar-refractivity contribution in [3.63, 3.8) is 0 Å². The van der Waals surface area contributed by atoms with Gasteiger partial charge in [0, 0.05) is 19.5 Å². The smallest absolute Gasteiger partial charge is 0.261 e. The highest BCUT2D eigenvalue weighted by molar-refractivity contribution is 5.88. The van der Waals surface area contributed by atoms with E-state index < -0.39 is 6.04 Å². The zero-order chi connectivity index (χ0) is 26.6. The first-order valence-electron chi connectivity index (χ1n) is 12.4. The first-order chi connectivity index (χ1) is 17.9. The quantitative estimate of drug-likeness (QED) is 0.371. The maximum absolute atomic E-state index is 13.7. The number of hydrogen-bond acceptors (Lipinski definition) is 5. The van der Waals surface area contributed by atoms with Crippen molar-refractivity contribution in [1.29, 1.82) is 0 Å². The zero-order valence-corrected chi connectivity index (χ0v) is 22.0. The highest BCUT2D eigenvalue weighted by atomic mass is 16.5. The van der Waals surface area contributed by atoms with Crippen LogP contribution >= 0.6 is 0 Å². The van der Waals surface area contributed by atoms with Crippen molar-refractivity contribution in [2.24, 2.45) is 5.92 Å². The monoisotopic (exact) mass is 504 g/mol.